The van der Waals surface area contributed by atoms with E-state index >= 15 is 0 Å². The van der Waals surface area contributed by atoms with E-state index < -0.39 is 13.2 Å². The van der Waals surface area contributed by atoms with Crippen LogP contribution in [0.5, 0.6) is 0 Å². The summed E-state index contributed by atoms with van der Waals surface area (Å²) in [6, 6.07) is 33.1. The number of hydrogen-bond donors (Lipinski definition) is 1. The van der Waals surface area contributed by atoms with E-state index in [0.29, 0.717) is 5.66 Å². The van der Waals surface area contributed by atoms with Crippen molar-refractivity contribution in [2.75, 3.05) is 0 Å². The fraction of sp³-hybridized carbons (Fsp3) is 0.296. The van der Waals surface area contributed by atoms with Gasteiger partial charge < -0.3 is 22.1 Å². The zero-order chi connectivity index (χ0) is 21.2. The Hall–Kier alpha value is -1.96. The Morgan fingerprint density at radius 1 is 0.742 bits per heavy atom. The molecule has 0 saturated heterocycles. The third kappa shape index (κ3) is 6.05. The van der Waals surface area contributed by atoms with Gasteiger partial charge in [0.05, 0.1) is 5.66 Å². The number of carboxylic acid groups (broad SMARTS) is 1. The second-order valence-corrected chi connectivity index (χ2v) is 11.5. The SMILES string of the molecule is CCC(CCCCCC(=O)O)[P+](c1ccccc1)(c1ccccc1)c1ccccc1.[Br-]. The van der Waals surface area contributed by atoms with Crippen molar-refractivity contribution in [3.8, 4) is 0 Å². The first kappa shape index (κ1) is 25.3. The first-order valence-corrected chi connectivity index (χ1v) is 12.8. The molecule has 3 aromatic carbocycles. The number of rotatable bonds is 11. The van der Waals surface area contributed by atoms with Crippen LogP contribution in [-0.4, -0.2) is 16.7 Å². The molecule has 0 radical (unpaired) electrons. The Morgan fingerprint density at radius 3 is 1.52 bits per heavy atom. The maximum absolute atomic E-state index is 10.9. The molecule has 1 unspecified atom stereocenters. The van der Waals surface area contributed by atoms with Crippen molar-refractivity contribution in [1.82, 2.24) is 0 Å². The maximum atomic E-state index is 10.9. The molecule has 0 amide bonds. The lowest BCUT2D eigenvalue weighted by Crippen LogP contribution is -3.00. The lowest BCUT2D eigenvalue weighted by Gasteiger charge is -2.34. The molecule has 164 valence electrons. The fourth-order valence-electron chi connectivity index (χ4n) is 4.57. The van der Waals surface area contributed by atoms with Crippen molar-refractivity contribution in [2.45, 2.75) is 51.1 Å². The Balaban J connectivity index is 0.00000341. The van der Waals surface area contributed by atoms with Crippen LogP contribution in [-0.2, 0) is 4.79 Å². The van der Waals surface area contributed by atoms with E-state index in [0.717, 1.165) is 32.1 Å². The summed E-state index contributed by atoms with van der Waals surface area (Å²) in [6.07, 6.45) is 5.29. The van der Waals surface area contributed by atoms with Crippen LogP contribution in [0.3, 0.4) is 0 Å². The summed E-state index contributed by atoms with van der Waals surface area (Å²) in [5.74, 6) is -0.693. The normalized spacial score (nSPS) is 12.0. The Kier molecular flexibility index (Phi) is 10.4. The first-order valence-electron chi connectivity index (χ1n) is 11.0. The molecule has 2 nitrogen and oxygen atoms in total. The van der Waals surface area contributed by atoms with E-state index in [-0.39, 0.29) is 23.4 Å². The largest absolute Gasteiger partial charge is 1.00 e. The molecule has 0 aromatic heterocycles. The topological polar surface area (TPSA) is 37.3 Å². The number of benzene rings is 3. The summed E-state index contributed by atoms with van der Waals surface area (Å²) < 4.78 is 0. The highest BCUT2D eigenvalue weighted by Gasteiger charge is 2.50. The zero-order valence-electron chi connectivity index (χ0n) is 18.2. The third-order valence-corrected chi connectivity index (χ3v) is 11.0. The van der Waals surface area contributed by atoms with Crippen molar-refractivity contribution in [2.24, 2.45) is 0 Å². The molecule has 0 spiro atoms. The lowest BCUT2D eigenvalue weighted by molar-refractivity contribution is -0.137. The summed E-state index contributed by atoms with van der Waals surface area (Å²) in [5, 5.41) is 13.2. The van der Waals surface area contributed by atoms with Crippen LogP contribution in [0.15, 0.2) is 91.0 Å². The van der Waals surface area contributed by atoms with Gasteiger partial charge >= 0.3 is 5.97 Å². The van der Waals surface area contributed by atoms with Gasteiger partial charge in [-0.15, -0.1) is 0 Å². The maximum Gasteiger partial charge on any atom is 0.303 e. The molecule has 0 fully saturated rings. The molecule has 0 aliphatic rings. The van der Waals surface area contributed by atoms with Crippen molar-refractivity contribution < 1.29 is 26.9 Å². The molecule has 0 aliphatic heterocycles. The monoisotopic (exact) mass is 498 g/mol. The van der Waals surface area contributed by atoms with Crippen molar-refractivity contribution in [3.05, 3.63) is 91.0 Å². The number of unbranched alkanes of at least 4 members (excludes halogenated alkanes) is 2. The van der Waals surface area contributed by atoms with Crippen LogP contribution < -0.4 is 32.9 Å². The molecule has 1 N–H and O–H groups in total. The highest BCUT2D eigenvalue weighted by Crippen LogP contribution is 2.62. The second kappa shape index (κ2) is 12.8. The molecule has 31 heavy (non-hydrogen) atoms. The highest BCUT2D eigenvalue weighted by atomic mass is 79.9. The second-order valence-electron chi connectivity index (χ2n) is 7.78. The number of aliphatic carboxylic acids is 1. The molecule has 0 aliphatic carbocycles. The van der Waals surface area contributed by atoms with Crippen LogP contribution in [0.2, 0.25) is 0 Å². The molecular formula is C27H32BrO2P. The van der Waals surface area contributed by atoms with Gasteiger partial charge in [-0.3, -0.25) is 4.79 Å². The Labute approximate surface area is 197 Å². The van der Waals surface area contributed by atoms with Crippen molar-refractivity contribution in [3.63, 3.8) is 0 Å². The van der Waals surface area contributed by atoms with Gasteiger partial charge in [0.2, 0.25) is 0 Å². The summed E-state index contributed by atoms with van der Waals surface area (Å²) in [4.78, 5) is 10.9. The molecule has 0 heterocycles. The van der Waals surface area contributed by atoms with E-state index in [4.69, 9.17) is 5.11 Å². The standard InChI is InChI=1S/C27H31O2P.BrH/c1-2-23(15-7-6-14-22-27(28)29)30(24-16-8-3-9-17-24,25-18-10-4-11-19-25)26-20-12-5-13-21-26;/h3-5,8-13,16-21,23H,2,6-7,14-15,22H2,1H3;1H. The Morgan fingerprint density at radius 2 is 1.16 bits per heavy atom. The number of carbonyl (C=O) groups is 1. The highest BCUT2D eigenvalue weighted by molar-refractivity contribution is 7.96. The van der Waals surface area contributed by atoms with Crippen LogP contribution >= 0.6 is 7.26 Å². The summed E-state index contributed by atoms with van der Waals surface area (Å²) in [7, 11) is -1.85. The van der Waals surface area contributed by atoms with Gasteiger partial charge in [0.1, 0.15) is 23.2 Å². The smallest absolute Gasteiger partial charge is 0.303 e. The van der Waals surface area contributed by atoms with Crippen LogP contribution in [0.1, 0.15) is 45.4 Å². The van der Waals surface area contributed by atoms with Gasteiger partial charge in [0.15, 0.2) is 0 Å². The molecule has 0 saturated carbocycles. The average molecular weight is 499 g/mol. The molecule has 1 atom stereocenters. The van der Waals surface area contributed by atoms with Crippen LogP contribution in [0, 0.1) is 0 Å². The van der Waals surface area contributed by atoms with Gasteiger partial charge in [0.25, 0.3) is 0 Å². The lowest BCUT2D eigenvalue weighted by atomic mass is 10.1. The van der Waals surface area contributed by atoms with Gasteiger partial charge in [-0.25, -0.2) is 0 Å². The van der Waals surface area contributed by atoms with Crippen molar-refractivity contribution >= 4 is 29.1 Å². The first-order chi connectivity index (χ1) is 14.7. The van der Waals surface area contributed by atoms with Gasteiger partial charge in [-0.2, -0.15) is 0 Å². The zero-order valence-corrected chi connectivity index (χ0v) is 20.6. The van der Waals surface area contributed by atoms with Crippen LogP contribution in [0.4, 0.5) is 0 Å². The number of halogens is 1. The van der Waals surface area contributed by atoms with E-state index in [2.05, 4.69) is 97.9 Å². The molecule has 0 bridgehead atoms. The van der Waals surface area contributed by atoms with Gasteiger partial charge in [-0.05, 0) is 62.1 Å². The molecule has 3 aromatic rings. The van der Waals surface area contributed by atoms with Crippen molar-refractivity contribution in [1.29, 1.82) is 0 Å². The summed E-state index contributed by atoms with van der Waals surface area (Å²) in [5.41, 5.74) is 0.523. The Bertz CT molecular complexity index is 804. The molecule has 3 rings (SSSR count). The number of carboxylic acids is 1. The van der Waals surface area contributed by atoms with Gasteiger partial charge in [-0.1, -0.05) is 67.9 Å². The predicted molar refractivity (Wildman–Crippen MR) is 130 cm³/mol. The quantitative estimate of drug-likeness (QED) is 0.326. The fourth-order valence-corrected chi connectivity index (χ4v) is 9.78. The summed E-state index contributed by atoms with van der Waals surface area (Å²) in [6.45, 7) is 2.31. The van der Waals surface area contributed by atoms with E-state index in [9.17, 15) is 4.79 Å². The average Bonchev–Trinajstić information content (AvgIpc) is 2.80. The minimum Gasteiger partial charge on any atom is -1.00 e. The van der Waals surface area contributed by atoms with Gasteiger partial charge in [0, 0.05) is 6.42 Å². The minimum atomic E-state index is -1.85. The van der Waals surface area contributed by atoms with E-state index in [1.807, 2.05) is 0 Å². The summed E-state index contributed by atoms with van der Waals surface area (Å²) >= 11 is 0. The predicted octanol–water partition coefficient (Wildman–Crippen LogP) is 2.80. The number of hydrogen-bond acceptors (Lipinski definition) is 1. The minimum absolute atomic E-state index is 0. The molecule has 4 heteroatoms. The van der Waals surface area contributed by atoms with Crippen LogP contribution in [0.25, 0.3) is 0 Å². The van der Waals surface area contributed by atoms with E-state index in [1.54, 1.807) is 0 Å². The molecular weight excluding hydrogens is 467 g/mol. The van der Waals surface area contributed by atoms with E-state index in [1.165, 1.54) is 15.9 Å². The third-order valence-electron chi connectivity index (χ3n) is 5.94.